The summed E-state index contributed by atoms with van der Waals surface area (Å²) >= 11 is 0. The highest BCUT2D eigenvalue weighted by Gasteiger charge is 2.33. The molecule has 0 bridgehead atoms. The number of nitrogens with one attached hydrogen (secondary N) is 2. The van der Waals surface area contributed by atoms with Gasteiger partial charge < -0.3 is 19.5 Å². The van der Waals surface area contributed by atoms with E-state index in [0.717, 1.165) is 11.3 Å². The number of amides is 1. The Labute approximate surface area is 140 Å². The fourth-order valence-electron chi connectivity index (χ4n) is 2.63. The molecule has 0 saturated carbocycles. The summed E-state index contributed by atoms with van der Waals surface area (Å²) in [6, 6.07) is 7.09. The summed E-state index contributed by atoms with van der Waals surface area (Å²) in [7, 11) is 3.12. The van der Waals surface area contributed by atoms with Crippen LogP contribution in [0.4, 0.5) is 0 Å². The molecule has 1 fully saturated rings. The molecule has 8 heteroatoms. The van der Waals surface area contributed by atoms with E-state index in [-0.39, 0.29) is 25.0 Å². The van der Waals surface area contributed by atoms with Gasteiger partial charge in [-0.1, -0.05) is 12.1 Å². The molecule has 2 unspecified atom stereocenters. The van der Waals surface area contributed by atoms with Gasteiger partial charge in [0.05, 0.1) is 13.7 Å². The van der Waals surface area contributed by atoms with Gasteiger partial charge in [0, 0.05) is 19.7 Å². The average Bonchev–Trinajstić information content (AvgIpc) is 3.07. The second-order valence-electron chi connectivity index (χ2n) is 5.55. The summed E-state index contributed by atoms with van der Waals surface area (Å²) in [4.78, 5) is 24.8. The molecule has 1 heterocycles. The van der Waals surface area contributed by atoms with Crippen molar-refractivity contribution >= 4 is 11.9 Å². The van der Waals surface area contributed by atoms with Crippen LogP contribution in [0.5, 0.6) is 5.75 Å². The summed E-state index contributed by atoms with van der Waals surface area (Å²) in [6.45, 7) is 0.196. The van der Waals surface area contributed by atoms with E-state index in [9.17, 15) is 9.59 Å². The maximum absolute atomic E-state index is 12.5. The third-order valence-corrected chi connectivity index (χ3v) is 3.92. The zero-order valence-corrected chi connectivity index (χ0v) is 13.8. The highest BCUT2D eigenvalue weighted by atomic mass is 16.5. The minimum absolute atomic E-state index is 0.0287. The monoisotopic (exact) mass is 337 g/mol. The summed E-state index contributed by atoms with van der Waals surface area (Å²) < 4.78 is 10.1. The van der Waals surface area contributed by atoms with Crippen LogP contribution in [-0.4, -0.2) is 61.8 Å². The number of benzene rings is 1. The number of carbonyl (C=O) groups excluding carboxylic acids is 1. The average molecular weight is 337 g/mol. The van der Waals surface area contributed by atoms with Gasteiger partial charge in [-0.15, -0.1) is 0 Å². The Balaban J connectivity index is 1.98. The maximum Gasteiger partial charge on any atom is 0.323 e. The van der Waals surface area contributed by atoms with Crippen LogP contribution in [0.1, 0.15) is 18.0 Å². The molecule has 8 nitrogen and oxygen atoms in total. The molecular formula is C16H23N3O5. The van der Waals surface area contributed by atoms with E-state index < -0.39 is 12.0 Å². The van der Waals surface area contributed by atoms with Crippen molar-refractivity contribution in [3.05, 3.63) is 29.8 Å². The molecule has 3 N–H and O–H groups in total. The molecule has 0 spiro atoms. The van der Waals surface area contributed by atoms with Crippen molar-refractivity contribution in [2.45, 2.75) is 18.5 Å². The van der Waals surface area contributed by atoms with Crippen molar-refractivity contribution in [1.29, 1.82) is 0 Å². The predicted molar refractivity (Wildman–Crippen MR) is 86.5 cm³/mol. The topological polar surface area (TPSA) is 100 Å². The van der Waals surface area contributed by atoms with Crippen molar-refractivity contribution < 1.29 is 24.2 Å². The molecule has 2 atom stereocenters. The molecule has 0 aromatic heterocycles. The highest BCUT2D eigenvalue weighted by molar-refractivity contribution is 5.85. The molecule has 0 aliphatic carbocycles. The van der Waals surface area contributed by atoms with Crippen LogP contribution in [0.3, 0.4) is 0 Å². The van der Waals surface area contributed by atoms with Gasteiger partial charge in [-0.25, -0.2) is 10.9 Å². The maximum atomic E-state index is 12.5. The van der Waals surface area contributed by atoms with Gasteiger partial charge in [-0.2, -0.15) is 0 Å². The number of nitrogens with zero attached hydrogens (tertiary/aromatic N) is 1. The lowest BCUT2D eigenvalue weighted by molar-refractivity contribution is -0.145. The van der Waals surface area contributed by atoms with Gasteiger partial charge in [-0.3, -0.25) is 9.59 Å². The molecule has 1 aliphatic heterocycles. The molecule has 2 rings (SSSR count). The zero-order chi connectivity index (χ0) is 17.5. The molecule has 1 aromatic rings. The number of hydrazine groups is 1. The van der Waals surface area contributed by atoms with Gasteiger partial charge in [0.25, 0.3) is 0 Å². The number of methoxy groups -OCH3 is 2. The third-order valence-electron chi connectivity index (χ3n) is 3.92. The predicted octanol–water partition coefficient (Wildman–Crippen LogP) is 0.162. The number of hydrogen-bond donors (Lipinski definition) is 3. The molecular weight excluding hydrogens is 314 g/mol. The van der Waals surface area contributed by atoms with E-state index in [1.807, 2.05) is 24.3 Å². The van der Waals surface area contributed by atoms with Crippen LogP contribution in [-0.2, 0) is 14.3 Å². The van der Waals surface area contributed by atoms with Crippen LogP contribution in [0.2, 0.25) is 0 Å². The second-order valence-corrected chi connectivity index (χ2v) is 5.55. The summed E-state index contributed by atoms with van der Waals surface area (Å²) in [5.74, 6) is -0.528. The Hall–Kier alpha value is -2.16. The first-order valence-corrected chi connectivity index (χ1v) is 7.69. The number of ether oxygens (including phenoxy) is 2. The fourth-order valence-corrected chi connectivity index (χ4v) is 2.63. The SMILES string of the molecule is COCCN(CC(=O)O)C(=O)C1CC(c2ccc(OC)cc2)NN1. The van der Waals surface area contributed by atoms with E-state index in [4.69, 9.17) is 14.6 Å². The van der Waals surface area contributed by atoms with E-state index in [1.165, 1.54) is 12.0 Å². The van der Waals surface area contributed by atoms with E-state index in [0.29, 0.717) is 13.0 Å². The minimum atomic E-state index is -1.04. The molecule has 1 saturated heterocycles. The Morgan fingerprint density at radius 2 is 1.96 bits per heavy atom. The molecule has 1 amide bonds. The van der Waals surface area contributed by atoms with Crippen molar-refractivity contribution in [2.24, 2.45) is 0 Å². The lowest BCUT2D eigenvalue weighted by Gasteiger charge is -2.23. The smallest absolute Gasteiger partial charge is 0.323 e. The van der Waals surface area contributed by atoms with Crippen molar-refractivity contribution in [1.82, 2.24) is 15.8 Å². The lowest BCUT2D eigenvalue weighted by Crippen LogP contribution is -2.48. The molecule has 1 aliphatic rings. The first kappa shape index (κ1) is 18.2. The van der Waals surface area contributed by atoms with Crippen molar-refractivity contribution in [3.63, 3.8) is 0 Å². The quantitative estimate of drug-likeness (QED) is 0.621. The molecule has 132 valence electrons. The number of carboxylic acid groups (broad SMARTS) is 1. The number of rotatable bonds is 8. The van der Waals surface area contributed by atoms with Crippen LogP contribution >= 0.6 is 0 Å². The van der Waals surface area contributed by atoms with Crippen molar-refractivity contribution in [2.75, 3.05) is 33.9 Å². The standard InChI is InChI=1S/C16H23N3O5/c1-23-8-7-19(10-15(20)21)16(22)14-9-13(17-18-14)11-3-5-12(24-2)6-4-11/h3-6,13-14,17-18H,7-10H2,1-2H3,(H,20,21). The largest absolute Gasteiger partial charge is 0.497 e. The normalized spacial score (nSPS) is 19.9. The second kappa shape index (κ2) is 8.62. The highest BCUT2D eigenvalue weighted by Crippen LogP contribution is 2.24. The first-order valence-electron chi connectivity index (χ1n) is 7.69. The van der Waals surface area contributed by atoms with Crippen LogP contribution in [0, 0.1) is 0 Å². The van der Waals surface area contributed by atoms with E-state index >= 15 is 0 Å². The Kier molecular flexibility index (Phi) is 6.53. The van der Waals surface area contributed by atoms with Crippen LogP contribution < -0.4 is 15.6 Å². The molecule has 1 aromatic carbocycles. The summed E-state index contributed by atoms with van der Waals surface area (Å²) in [5.41, 5.74) is 7.07. The number of carboxylic acids is 1. The van der Waals surface area contributed by atoms with Crippen molar-refractivity contribution in [3.8, 4) is 5.75 Å². The Morgan fingerprint density at radius 1 is 1.25 bits per heavy atom. The minimum Gasteiger partial charge on any atom is -0.497 e. The van der Waals surface area contributed by atoms with Gasteiger partial charge >= 0.3 is 5.97 Å². The number of hydrogen-bond acceptors (Lipinski definition) is 6. The number of aliphatic carboxylic acids is 1. The summed E-state index contributed by atoms with van der Waals surface area (Å²) in [5, 5.41) is 8.97. The fraction of sp³-hybridized carbons (Fsp3) is 0.500. The van der Waals surface area contributed by atoms with E-state index in [1.54, 1.807) is 7.11 Å². The van der Waals surface area contributed by atoms with Gasteiger partial charge in [0.1, 0.15) is 18.3 Å². The van der Waals surface area contributed by atoms with Gasteiger partial charge in [0.2, 0.25) is 5.91 Å². The van der Waals surface area contributed by atoms with E-state index in [2.05, 4.69) is 10.9 Å². The first-order chi connectivity index (χ1) is 11.5. The molecule has 24 heavy (non-hydrogen) atoms. The van der Waals surface area contributed by atoms with Crippen LogP contribution in [0.15, 0.2) is 24.3 Å². The number of carbonyl (C=O) groups is 2. The lowest BCUT2D eigenvalue weighted by atomic mass is 10.0. The third kappa shape index (κ3) is 4.67. The van der Waals surface area contributed by atoms with Gasteiger partial charge in [-0.05, 0) is 24.1 Å². The van der Waals surface area contributed by atoms with Crippen LogP contribution in [0.25, 0.3) is 0 Å². The Bertz CT molecular complexity index is 563. The molecule has 0 radical (unpaired) electrons. The van der Waals surface area contributed by atoms with Gasteiger partial charge in [0.15, 0.2) is 0 Å². The zero-order valence-electron chi connectivity index (χ0n) is 13.8. The Morgan fingerprint density at radius 3 is 2.54 bits per heavy atom. The summed E-state index contributed by atoms with van der Waals surface area (Å²) in [6.07, 6.45) is 0.536.